The van der Waals surface area contributed by atoms with Gasteiger partial charge in [-0.25, -0.2) is 8.42 Å². The van der Waals surface area contributed by atoms with Gasteiger partial charge in [0.1, 0.15) is 19.3 Å². The van der Waals surface area contributed by atoms with Crippen molar-refractivity contribution >= 4 is 46.3 Å². The molecule has 2 fully saturated rings. The van der Waals surface area contributed by atoms with Gasteiger partial charge in [-0.2, -0.15) is 4.31 Å². The van der Waals surface area contributed by atoms with E-state index in [0.717, 1.165) is 60.0 Å². The number of aryl methyl sites for hydroxylation is 2. The lowest BCUT2D eigenvalue weighted by molar-refractivity contribution is -0.118. The average molecular weight is 965 g/mol. The largest absolute Gasteiger partial charge is 0.497 e. The van der Waals surface area contributed by atoms with Gasteiger partial charge in [-0.3, -0.25) is 14.6 Å². The number of rotatable bonds is 11. The molecule has 0 saturated carbocycles. The highest BCUT2D eigenvalue weighted by atomic mass is 32.2. The molecular weight excluding hydrogens is 889 g/mol. The van der Waals surface area contributed by atoms with Gasteiger partial charge < -0.3 is 35.2 Å². The van der Waals surface area contributed by atoms with Crippen LogP contribution < -0.4 is 16.0 Å². The van der Waals surface area contributed by atoms with Gasteiger partial charge in [0, 0.05) is 38.1 Å². The lowest BCUT2D eigenvalue weighted by Crippen LogP contribution is -2.33. The zero-order valence-electron chi connectivity index (χ0n) is 42.0. The number of methoxy groups -OCH3 is 1. The molecule has 3 aliphatic rings. The van der Waals surface area contributed by atoms with Gasteiger partial charge in [0.15, 0.2) is 0 Å². The number of terminal acetylenes is 1. The first-order chi connectivity index (χ1) is 33.2. The quantitative estimate of drug-likeness (QED) is 0.0750. The highest BCUT2D eigenvalue weighted by Crippen LogP contribution is 2.23. The number of allylic oxidation sites excluding steroid dienone is 3. The number of pyridine rings is 1. The molecule has 3 aromatic carbocycles. The van der Waals surface area contributed by atoms with Crippen molar-refractivity contribution in [3.8, 4) is 12.8 Å². The Morgan fingerprint density at radius 3 is 1.83 bits per heavy atom. The number of sulfonamides is 1. The standard InChI is InChI=1S/C25H29N3O3S.C14H18N2O.C6H13N.C6H10O.C2H2.2CH2O/c1-17(2)20-8-9-21-14-23(18(3)27-24(21)15-20)25(29)26-16-19-6-10-22(11-7-19)32(30,31)28-12-4-5-13-28;1-11-5-7-12(8-6-11)10-16-14(17)13-4-2-3-9-15-13;1-7-5-3-2-4-6-7;1-4-6(5-2)7-3;3*1-2/h6-11,14-15,17H,4-5,12-13,16H2,1-3H3,(H,26,29);4-8,15H,2-3,9-10H2,1H3,(H,16,17);2-6H2,1H3;4-5H,1H2,2-3H3;1-2H;2*1H2/b;;;6-5+;;;. The molecule has 0 aliphatic carbocycles. The second-order valence-corrected chi connectivity index (χ2v) is 18.4. The van der Waals surface area contributed by atoms with E-state index in [-0.39, 0.29) is 11.8 Å². The van der Waals surface area contributed by atoms with E-state index in [0.29, 0.717) is 53.9 Å². The number of nitrogens with zero attached hydrogens (tertiary/aromatic N) is 3. The van der Waals surface area contributed by atoms with Crippen LogP contribution in [0.3, 0.4) is 0 Å². The van der Waals surface area contributed by atoms with Gasteiger partial charge in [-0.1, -0.05) is 87.0 Å². The third kappa shape index (κ3) is 21.2. The third-order valence-electron chi connectivity index (χ3n) is 11.2. The molecule has 0 unspecified atom stereocenters. The molecule has 4 heterocycles. The van der Waals surface area contributed by atoms with Crippen molar-refractivity contribution in [3.63, 3.8) is 0 Å². The van der Waals surface area contributed by atoms with E-state index >= 15 is 0 Å². The molecule has 3 aliphatic heterocycles. The Kier molecular flexibility index (Phi) is 29.8. The van der Waals surface area contributed by atoms with E-state index in [1.807, 2.05) is 63.8 Å². The van der Waals surface area contributed by atoms with Crippen molar-refractivity contribution in [2.75, 3.05) is 46.9 Å². The molecule has 2 saturated heterocycles. The minimum absolute atomic E-state index is 0.00900. The molecule has 0 spiro atoms. The minimum atomic E-state index is -3.43. The molecule has 13 nitrogen and oxygen atoms in total. The first-order valence-electron chi connectivity index (χ1n) is 23.2. The lowest BCUT2D eigenvalue weighted by Gasteiger charge is -2.20. The highest BCUT2D eigenvalue weighted by molar-refractivity contribution is 7.89. The molecule has 0 atom stereocenters. The molecule has 1 aromatic heterocycles. The summed E-state index contributed by atoms with van der Waals surface area (Å²) in [5, 5.41) is 9.89. The fourth-order valence-corrected chi connectivity index (χ4v) is 8.69. The number of aromatic nitrogens is 1. The van der Waals surface area contributed by atoms with Gasteiger partial charge >= 0.3 is 0 Å². The van der Waals surface area contributed by atoms with Gasteiger partial charge in [0.25, 0.3) is 11.8 Å². The predicted octanol–water partition coefficient (Wildman–Crippen LogP) is 8.96. The average Bonchev–Trinajstić information content (AvgIpc) is 3.95. The third-order valence-corrected chi connectivity index (χ3v) is 13.1. The van der Waals surface area contributed by atoms with Crippen LogP contribution in [-0.2, 0) is 42.2 Å². The zero-order chi connectivity index (χ0) is 51.8. The fraction of sp³-hybridized carbons (Fsp3) is 0.400. The van der Waals surface area contributed by atoms with E-state index in [1.54, 1.807) is 37.5 Å². The van der Waals surface area contributed by atoms with Crippen LogP contribution in [0, 0.1) is 26.7 Å². The van der Waals surface area contributed by atoms with E-state index in [4.69, 9.17) is 14.3 Å². The van der Waals surface area contributed by atoms with Gasteiger partial charge in [0.2, 0.25) is 10.0 Å². The Labute approximate surface area is 412 Å². The number of carbonyl (C=O) groups is 4. The summed E-state index contributed by atoms with van der Waals surface area (Å²) in [6, 6.07) is 23.0. The van der Waals surface area contributed by atoms with Gasteiger partial charge in [-0.15, -0.1) is 12.8 Å². The summed E-state index contributed by atoms with van der Waals surface area (Å²) >= 11 is 0. The molecule has 4 aromatic rings. The first-order valence-corrected chi connectivity index (χ1v) is 24.7. The van der Waals surface area contributed by atoms with E-state index in [1.165, 1.54) is 47.8 Å². The van der Waals surface area contributed by atoms with Crippen LogP contribution >= 0.6 is 0 Å². The number of carbonyl (C=O) groups excluding carboxylic acids is 4. The summed E-state index contributed by atoms with van der Waals surface area (Å²) in [6.07, 6.45) is 21.7. The molecule has 0 radical (unpaired) electrons. The molecule has 7 rings (SSSR count). The van der Waals surface area contributed by atoms with Crippen molar-refractivity contribution < 1.29 is 32.3 Å². The number of piperidine rings is 1. The molecule has 2 amide bonds. The first kappa shape index (κ1) is 60.6. The Morgan fingerprint density at radius 1 is 0.812 bits per heavy atom. The molecular formula is C55H76N6O7S. The number of ether oxygens (including phenoxy) is 1. The topological polar surface area (TPSA) is 167 Å². The van der Waals surface area contributed by atoms with Crippen LogP contribution in [0.15, 0.2) is 114 Å². The number of nitrogens with one attached hydrogen (secondary N) is 3. The second kappa shape index (κ2) is 34.0. The number of likely N-dealkylation sites (tertiary alicyclic amines) is 1. The van der Waals surface area contributed by atoms with E-state index in [9.17, 15) is 18.0 Å². The summed E-state index contributed by atoms with van der Waals surface area (Å²) < 4.78 is 31.6. The summed E-state index contributed by atoms with van der Waals surface area (Å²) in [4.78, 5) is 47.9. The molecule has 374 valence electrons. The Balaban J connectivity index is 0.000000534. The van der Waals surface area contributed by atoms with Gasteiger partial charge in [-0.05, 0) is 138 Å². The van der Waals surface area contributed by atoms with Crippen LogP contribution in [0.4, 0.5) is 0 Å². The maximum Gasteiger partial charge on any atom is 0.267 e. The molecule has 3 N–H and O–H groups in total. The van der Waals surface area contributed by atoms with Crippen LogP contribution in [-0.4, -0.2) is 94.9 Å². The summed E-state index contributed by atoms with van der Waals surface area (Å²) in [7, 11) is 0.389. The minimum Gasteiger partial charge on any atom is -0.497 e. The number of benzene rings is 3. The Morgan fingerprint density at radius 2 is 1.36 bits per heavy atom. The van der Waals surface area contributed by atoms with Crippen molar-refractivity contribution in [1.82, 2.24) is 30.1 Å². The number of hydrogen-bond acceptors (Lipinski definition) is 10. The zero-order valence-corrected chi connectivity index (χ0v) is 42.8. The maximum atomic E-state index is 12.8. The lowest BCUT2D eigenvalue weighted by atomic mass is 10.0. The summed E-state index contributed by atoms with van der Waals surface area (Å²) in [5.74, 6) is 1.03. The van der Waals surface area contributed by atoms with Crippen LogP contribution in [0.5, 0.6) is 0 Å². The number of fused-ring (bicyclic) bond motifs is 1. The number of amides is 2. The number of hydrogen-bond donors (Lipinski definition) is 3. The van der Waals surface area contributed by atoms with E-state index in [2.05, 4.69) is 97.3 Å². The molecule has 69 heavy (non-hydrogen) atoms. The van der Waals surface area contributed by atoms with Crippen LogP contribution in [0.25, 0.3) is 10.9 Å². The SMILES string of the molecule is C#C.C=C/C(=C\C)OC.C=O.C=O.CN1CCCCC1.Cc1ccc(CNC(=O)C2=CCCCN2)cc1.Cc1nc2cc(C(C)C)ccc2cc1C(=O)NCc1ccc(S(=O)(=O)N2CCCC2)cc1. The summed E-state index contributed by atoms with van der Waals surface area (Å²) in [5.41, 5.74) is 7.25. The highest BCUT2D eigenvalue weighted by Gasteiger charge is 2.27. The van der Waals surface area contributed by atoms with Crippen molar-refractivity contribution in [3.05, 3.63) is 143 Å². The van der Waals surface area contributed by atoms with Crippen molar-refractivity contribution in [2.45, 2.75) is 103 Å². The fourth-order valence-electron chi connectivity index (χ4n) is 7.17. The Bertz CT molecular complexity index is 2350. The molecule has 14 heteroatoms. The van der Waals surface area contributed by atoms with E-state index < -0.39 is 10.0 Å². The monoisotopic (exact) mass is 965 g/mol. The second-order valence-electron chi connectivity index (χ2n) is 16.5. The Hall–Kier alpha value is -6.40. The normalized spacial score (nSPS) is 14.3. The maximum absolute atomic E-state index is 12.8. The van der Waals surface area contributed by atoms with Crippen LogP contribution in [0.1, 0.15) is 110 Å². The van der Waals surface area contributed by atoms with Crippen molar-refractivity contribution in [2.24, 2.45) is 0 Å². The van der Waals surface area contributed by atoms with Crippen LogP contribution in [0.2, 0.25) is 0 Å². The predicted molar refractivity (Wildman–Crippen MR) is 281 cm³/mol. The van der Waals surface area contributed by atoms with Crippen molar-refractivity contribution in [1.29, 1.82) is 0 Å². The summed E-state index contributed by atoms with van der Waals surface area (Å²) in [6.45, 7) is 23.2. The smallest absolute Gasteiger partial charge is 0.267 e. The molecule has 0 bridgehead atoms. The van der Waals surface area contributed by atoms with Gasteiger partial charge in [0.05, 0.1) is 34.5 Å².